The van der Waals surface area contributed by atoms with E-state index in [-0.39, 0.29) is 26.5 Å². The summed E-state index contributed by atoms with van der Waals surface area (Å²) in [5.41, 5.74) is 8.23. The van der Waals surface area contributed by atoms with Crippen molar-refractivity contribution in [2.75, 3.05) is 0 Å². The molecule has 0 saturated heterocycles. The molecule has 0 bridgehead atoms. The van der Waals surface area contributed by atoms with E-state index in [1.165, 1.54) is 0 Å². The first kappa shape index (κ1) is 23.4. The van der Waals surface area contributed by atoms with E-state index in [0.717, 1.165) is 61.0 Å². The number of fused-ring (bicyclic) bond motifs is 8. The molecule has 0 aliphatic carbocycles. The van der Waals surface area contributed by atoms with Crippen LogP contribution in [0.3, 0.4) is 0 Å². The van der Waals surface area contributed by atoms with Gasteiger partial charge in [0.15, 0.2) is 0 Å². The van der Waals surface area contributed by atoms with Gasteiger partial charge < -0.3 is 9.38 Å². The maximum atomic E-state index is 5.26. The number of imidazole rings is 1. The zero-order valence-electron chi connectivity index (χ0n) is 20.2. The Kier molecular flexibility index (Phi) is 5.62. The number of hydrogen-bond donors (Lipinski definition) is 0. The zero-order chi connectivity index (χ0) is 24.3. The number of pyridine rings is 2. The third-order valence-corrected chi connectivity index (χ3v) is 6.96. The molecule has 0 amide bonds. The third kappa shape index (κ3) is 3.65. The molecule has 0 aliphatic rings. The molecule has 0 spiro atoms. The van der Waals surface area contributed by atoms with Gasteiger partial charge in [-0.15, -0.1) is 65.0 Å². The van der Waals surface area contributed by atoms with Crippen LogP contribution in [0.15, 0.2) is 91.4 Å². The molecule has 4 aromatic heterocycles. The van der Waals surface area contributed by atoms with E-state index < -0.39 is 0 Å². The van der Waals surface area contributed by atoms with Crippen LogP contribution in [-0.4, -0.2) is 24.3 Å². The molecule has 6 heteroatoms. The van der Waals surface area contributed by atoms with E-state index in [1.54, 1.807) is 18.6 Å². The summed E-state index contributed by atoms with van der Waals surface area (Å²) in [6, 6.07) is 31.7. The van der Waals surface area contributed by atoms with Crippen LogP contribution in [0.2, 0.25) is 0 Å². The number of para-hydroxylation sites is 2. The van der Waals surface area contributed by atoms with Gasteiger partial charge in [0.1, 0.15) is 5.65 Å². The fraction of sp³-hybridized carbons (Fsp3) is 0.0968. The molecule has 0 N–H and O–H groups in total. The van der Waals surface area contributed by atoms with Crippen LogP contribution >= 0.6 is 0 Å². The molecule has 3 aromatic carbocycles. The summed E-state index contributed by atoms with van der Waals surface area (Å²) >= 11 is 0. The van der Waals surface area contributed by atoms with Crippen LogP contribution in [-0.2, 0) is 26.5 Å². The average Bonchev–Trinajstić information content (AvgIpc) is 3.34. The van der Waals surface area contributed by atoms with Crippen LogP contribution < -0.4 is 0 Å². The first-order valence-corrected chi connectivity index (χ1v) is 11.9. The van der Waals surface area contributed by atoms with Crippen molar-refractivity contribution < 1.29 is 21.1 Å². The Balaban J connectivity index is 0.00000252. The van der Waals surface area contributed by atoms with Crippen LogP contribution in [0.4, 0.5) is 0 Å². The second kappa shape index (κ2) is 8.86. The van der Waals surface area contributed by atoms with Crippen molar-refractivity contribution >= 4 is 38.5 Å². The average molecular weight is 659 g/mol. The topological polar surface area (TPSA) is 56.0 Å². The first-order valence-electron chi connectivity index (χ1n) is 11.9. The van der Waals surface area contributed by atoms with Crippen molar-refractivity contribution in [2.24, 2.45) is 0 Å². The van der Waals surface area contributed by atoms with E-state index in [9.17, 15) is 0 Å². The molecule has 180 valence electrons. The van der Waals surface area contributed by atoms with Crippen molar-refractivity contribution in [3.05, 3.63) is 115 Å². The molecule has 0 radical (unpaired) electrons. The van der Waals surface area contributed by atoms with Gasteiger partial charge in [0.25, 0.3) is 0 Å². The Hall–Kier alpha value is -3.95. The second-order valence-electron chi connectivity index (χ2n) is 9.48. The number of nitrogens with zero attached hydrogens (tertiary/aromatic N) is 5. The van der Waals surface area contributed by atoms with E-state index >= 15 is 0 Å². The van der Waals surface area contributed by atoms with Gasteiger partial charge in [-0.2, -0.15) is 0 Å². The Morgan fingerprint density at radius 3 is 2.59 bits per heavy atom. The Bertz CT molecular complexity index is 1930. The molecular weight excluding hydrogens is 637 g/mol. The second-order valence-corrected chi connectivity index (χ2v) is 9.48. The van der Waals surface area contributed by atoms with E-state index in [4.69, 9.17) is 9.97 Å². The summed E-state index contributed by atoms with van der Waals surface area (Å²) in [6.45, 7) is 4.37. The maximum absolute atomic E-state index is 5.26. The van der Waals surface area contributed by atoms with Gasteiger partial charge in [-0.1, -0.05) is 31.4 Å². The van der Waals surface area contributed by atoms with Gasteiger partial charge in [-0.3, -0.25) is 9.97 Å². The normalized spacial score (nSPS) is 11.8. The summed E-state index contributed by atoms with van der Waals surface area (Å²) in [4.78, 5) is 18.9. The first-order chi connectivity index (χ1) is 17.6. The monoisotopic (exact) mass is 658 g/mol. The molecule has 0 aliphatic heterocycles. The Morgan fingerprint density at radius 2 is 1.73 bits per heavy atom. The van der Waals surface area contributed by atoms with Gasteiger partial charge in [-0.25, -0.2) is 4.98 Å². The van der Waals surface area contributed by atoms with E-state index in [1.807, 2.05) is 30.3 Å². The molecule has 37 heavy (non-hydrogen) atoms. The van der Waals surface area contributed by atoms with Crippen LogP contribution in [0.1, 0.15) is 25.1 Å². The minimum absolute atomic E-state index is 0. The molecule has 0 fully saturated rings. The van der Waals surface area contributed by atoms with Crippen molar-refractivity contribution in [2.45, 2.75) is 19.3 Å². The summed E-state index contributed by atoms with van der Waals surface area (Å²) < 4.78 is 2.21. The molecule has 7 aromatic rings. The van der Waals surface area contributed by atoms with Crippen LogP contribution in [0.25, 0.3) is 49.7 Å². The predicted octanol–water partition coefficient (Wildman–Crippen LogP) is 6.57. The Morgan fingerprint density at radius 1 is 0.838 bits per heavy atom. The molecule has 5 nitrogen and oxygen atoms in total. The van der Waals surface area contributed by atoms with Gasteiger partial charge in [0.05, 0.1) is 11.0 Å². The van der Waals surface area contributed by atoms with E-state index in [2.05, 4.69) is 82.8 Å². The SMILES string of the molecule is CC(C)(c1[c-]c(-c2cnccn2)ccc1)c1ccc2c(n1)c1[c-]cccc1c1nc3ccccc3n21.[Pt+2]. The minimum Gasteiger partial charge on any atom is -0.307 e. The van der Waals surface area contributed by atoms with Crippen molar-refractivity contribution in [3.8, 4) is 11.3 Å². The number of hydrogen-bond acceptors (Lipinski definition) is 4. The predicted molar refractivity (Wildman–Crippen MR) is 143 cm³/mol. The Labute approximate surface area is 228 Å². The zero-order valence-corrected chi connectivity index (χ0v) is 22.5. The van der Waals surface area contributed by atoms with Crippen molar-refractivity contribution in [1.82, 2.24) is 24.3 Å². The van der Waals surface area contributed by atoms with Gasteiger partial charge in [0, 0.05) is 46.4 Å². The smallest absolute Gasteiger partial charge is 0.307 e. The van der Waals surface area contributed by atoms with Gasteiger partial charge in [0.2, 0.25) is 0 Å². The molecule has 0 unspecified atom stereocenters. The molecular formula is C31H21N5Pt. The van der Waals surface area contributed by atoms with Crippen LogP contribution in [0.5, 0.6) is 0 Å². The van der Waals surface area contributed by atoms with Gasteiger partial charge >= 0.3 is 21.1 Å². The molecule has 7 rings (SSSR count). The summed E-state index contributed by atoms with van der Waals surface area (Å²) in [5, 5.41) is 2.02. The van der Waals surface area contributed by atoms with Crippen molar-refractivity contribution in [3.63, 3.8) is 0 Å². The minimum atomic E-state index is -0.389. The fourth-order valence-corrected chi connectivity index (χ4v) is 4.99. The van der Waals surface area contributed by atoms with Gasteiger partial charge in [-0.05, 0) is 24.3 Å². The third-order valence-electron chi connectivity index (χ3n) is 6.96. The number of aromatic nitrogens is 5. The molecule has 0 atom stereocenters. The van der Waals surface area contributed by atoms with E-state index in [0.29, 0.717) is 0 Å². The maximum Gasteiger partial charge on any atom is 2.00 e. The summed E-state index contributed by atoms with van der Waals surface area (Å²) in [5.74, 6) is 0. The standard InChI is InChI=1S/C31H21N5.Pt/c1-31(2,21-9-7-8-20(18-21)25-19-32-16-17-33-25)28-15-14-27-29(35-28)22-10-3-4-11-23(22)30-34-24-12-5-6-13-26(24)36(27)30;/h3-9,11-17,19H,1-2H3;/q-2;+2. The van der Waals surface area contributed by atoms with Crippen molar-refractivity contribution in [1.29, 1.82) is 0 Å². The number of benzene rings is 3. The quantitative estimate of drug-likeness (QED) is 0.159. The fourth-order valence-electron chi connectivity index (χ4n) is 4.99. The molecule has 0 saturated carbocycles. The van der Waals surface area contributed by atoms with Crippen LogP contribution in [0, 0.1) is 12.1 Å². The largest absolute Gasteiger partial charge is 2.00 e. The summed E-state index contributed by atoms with van der Waals surface area (Å²) in [6.07, 6.45) is 5.14. The number of rotatable bonds is 3. The molecule has 4 heterocycles. The summed E-state index contributed by atoms with van der Waals surface area (Å²) in [7, 11) is 0.